The first kappa shape index (κ1) is 19.7. The highest BCUT2D eigenvalue weighted by atomic mass is 16.4. The van der Waals surface area contributed by atoms with E-state index in [1.807, 2.05) is 0 Å². The lowest BCUT2D eigenvalue weighted by molar-refractivity contribution is -0.152. The van der Waals surface area contributed by atoms with Crippen molar-refractivity contribution < 1.29 is 39.6 Å². The van der Waals surface area contributed by atoms with E-state index in [0.29, 0.717) is 0 Å². The SMILES string of the molecule is NN(CCN(CC(=O)O)CC(=O)O)N(CC(=O)O)CC(=O)O. The zero-order valence-corrected chi connectivity index (χ0v) is 11.6. The summed E-state index contributed by atoms with van der Waals surface area (Å²) in [5.41, 5.74) is 0. The fraction of sp³-hybridized carbons (Fsp3) is 0.600. The van der Waals surface area contributed by atoms with Crippen molar-refractivity contribution in [3.63, 3.8) is 0 Å². The zero-order chi connectivity index (χ0) is 17.3. The maximum Gasteiger partial charge on any atom is 0.319 e. The summed E-state index contributed by atoms with van der Waals surface area (Å²) in [4.78, 5) is 43.6. The van der Waals surface area contributed by atoms with Crippen LogP contribution < -0.4 is 5.84 Å². The van der Waals surface area contributed by atoms with Gasteiger partial charge in [-0.25, -0.2) is 5.01 Å². The normalized spacial score (nSPS) is 11.1. The topological polar surface area (TPSA) is 185 Å². The molecule has 0 atom stereocenters. The molecule has 0 fully saturated rings. The maximum absolute atomic E-state index is 10.6. The lowest BCUT2D eigenvalue weighted by Crippen LogP contribution is -2.54. The van der Waals surface area contributed by atoms with Gasteiger partial charge in [0.1, 0.15) is 13.1 Å². The molecule has 0 aliphatic heterocycles. The Balaban J connectivity index is 4.62. The van der Waals surface area contributed by atoms with Gasteiger partial charge in [0.2, 0.25) is 0 Å². The number of hydrogen-bond acceptors (Lipinski definition) is 8. The average molecular weight is 322 g/mol. The smallest absolute Gasteiger partial charge is 0.319 e. The molecule has 0 aliphatic carbocycles. The molecule has 6 N–H and O–H groups in total. The number of nitrogens with zero attached hydrogens (tertiary/aromatic N) is 3. The molecule has 0 unspecified atom stereocenters. The molecule has 0 spiro atoms. The Hall–Kier alpha value is -2.28. The summed E-state index contributed by atoms with van der Waals surface area (Å²) in [6.07, 6.45) is 0. The lowest BCUT2D eigenvalue weighted by atomic mass is 10.4. The molecule has 0 saturated carbocycles. The van der Waals surface area contributed by atoms with E-state index in [2.05, 4.69) is 0 Å². The number of aliphatic carboxylic acids is 4. The predicted octanol–water partition coefficient (Wildman–Crippen LogP) is -2.98. The Morgan fingerprint density at radius 3 is 1.36 bits per heavy atom. The second kappa shape index (κ2) is 9.62. The predicted molar refractivity (Wildman–Crippen MR) is 69.4 cm³/mol. The monoisotopic (exact) mass is 322 g/mol. The summed E-state index contributed by atoms with van der Waals surface area (Å²) in [5.74, 6) is 0.457. The van der Waals surface area contributed by atoms with E-state index in [9.17, 15) is 19.2 Å². The van der Waals surface area contributed by atoms with Crippen molar-refractivity contribution >= 4 is 23.9 Å². The third-order valence-corrected chi connectivity index (χ3v) is 2.36. The van der Waals surface area contributed by atoms with Gasteiger partial charge in [-0.05, 0) is 0 Å². The molecule has 0 bridgehead atoms. The molecule has 0 rings (SSSR count). The number of hydrazine groups is 2. The molecule has 0 aromatic carbocycles. The molecule has 12 nitrogen and oxygen atoms in total. The Morgan fingerprint density at radius 2 is 1.05 bits per heavy atom. The van der Waals surface area contributed by atoms with Crippen molar-refractivity contribution in [3.8, 4) is 0 Å². The summed E-state index contributed by atoms with van der Waals surface area (Å²) in [7, 11) is 0. The van der Waals surface area contributed by atoms with Crippen LogP contribution >= 0.6 is 0 Å². The Kier molecular flexibility index (Phi) is 8.62. The van der Waals surface area contributed by atoms with Crippen molar-refractivity contribution in [1.82, 2.24) is 15.0 Å². The van der Waals surface area contributed by atoms with E-state index in [-0.39, 0.29) is 13.1 Å². The Labute approximate surface area is 124 Å². The van der Waals surface area contributed by atoms with E-state index in [1.165, 1.54) is 0 Å². The van der Waals surface area contributed by atoms with Crippen LogP contribution in [0.5, 0.6) is 0 Å². The second-order valence-electron chi connectivity index (χ2n) is 4.27. The average Bonchev–Trinajstić information content (AvgIpc) is 2.32. The van der Waals surface area contributed by atoms with Gasteiger partial charge in [0, 0.05) is 13.1 Å². The van der Waals surface area contributed by atoms with Crippen molar-refractivity contribution in [1.29, 1.82) is 0 Å². The molecule has 0 aliphatic rings. The van der Waals surface area contributed by atoms with Crippen molar-refractivity contribution in [3.05, 3.63) is 0 Å². The first-order valence-corrected chi connectivity index (χ1v) is 5.98. The summed E-state index contributed by atoms with van der Waals surface area (Å²) >= 11 is 0. The summed E-state index contributed by atoms with van der Waals surface area (Å²) in [6.45, 7) is -2.68. The van der Waals surface area contributed by atoms with Crippen LogP contribution in [-0.4, -0.2) is 98.6 Å². The van der Waals surface area contributed by atoms with Gasteiger partial charge >= 0.3 is 23.9 Å². The molecule has 0 amide bonds. The fourth-order valence-electron chi connectivity index (χ4n) is 1.53. The number of carboxylic acids is 4. The number of hydrogen-bond donors (Lipinski definition) is 5. The van der Waals surface area contributed by atoms with Gasteiger partial charge in [0.05, 0.1) is 13.1 Å². The van der Waals surface area contributed by atoms with Crippen LogP contribution in [0, 0.1) is 0 Å². The molecule has 0 aromatic heterocycles. The van der Waals surface area contributed by atoms with Crippen LogP contribution in [0.4, 0.5) is 0 Å². The van der Waals surface area contributed by atoms with Crippen molar-refractivity contribution in [2.45, 2.75) is 0 Å². The fourth-order valence-corrected chi connectivity index (χ4v) is 1.53. The third-order valence-electron chi connectivity index (χ3n) is 2.36. The van der Waals surface area contributed by atoms with E-state index in [0.717, 1.165) is 15.0 Å². The van der Waals surface area contributed by atoms with Gasteiger partial charge < -0.3 is 20.4 Å². The maximum atomic E-state index is 10.6. The van der Waals surface area contributed by atoms with Crippen molar-refractivity contribution in [2.24, 2.45) is 5.84 Å². The highest BCUT2D eigenvalue weighted by Crippen LogP contribution is 1.95. The molecule has 0 radical (unpaired) electrons. The molecular formula is C10H18N4O8. The summed E-state index contributed by atoms with van der Waals surface area (Å²) in [5, 5.41) is 36.3. The largest absolute Gasteiger partial charge is 0.480 e. The zero-order valence-electron chi connectivity index (χ0n) is 11.6. The van der Waals surface area contributed by atoms with E-state index < -0.39 is 50.1 Å². The molecule has 0 saturated heterocycles. The quantitative estimate of drug-likeness (QED) is 0.181. The Bertz CT molecular complexity index is 397. The molecule has 0 heterocycles. The van der Waals surface area contributed by atoms with Gasteiger partial charge in [-0.2, -0.15) is 5.12 Å². The van der Waals surface area contributed by atoms with Gasteiger partial charge in [-0.3, -0.25) is 29.9 Å². The molecule has 0 aromatic rings. The number of carboxylic acid groups (broad SMARTS) is 4. The van der Waals surface area contributed by atoms with E-state index in [1.54, 1.807) is 0 Å². The van der Waals surface area contributed by atoms with Crippen molar-refractivity contribution in [2.75, 3.05) is 39.3 Å². The standard InChI is InChI=1S/C10H18N4O8/c11-14(13(5-9(19)20)6-10(21)22)2-1-12(3-7(15)16)4-8(17)18/h1-6,11H2,(H,15,16)(H,17,18)(H,19,20)(H,21,22). The molecule has 22 heavy (non-hydrogen) atoms. The minimum absolute atomic E-state index is 0.106. The number of carbonyl (C=O) groups is 4. The minimum atomic E-state index is -1.30. The third kappa shape index (κ3) is 9.60. The van der Waals surface area contributed by atoms with Crippen LogP contribution in [0.1, 0.15) is 0 Å². The first-order chi connectivity index (χ1) is 10.1. The number of nitrogens with two attached hydrogens (primary N) is 1. The lowest BCUT2D eigenvalue weighted by Gasteiger charge is -2.30. The van der Waals surface area contributed by atoms with Crippen LogP contribution in [0.25, 0.3) is 0 Å². The molecule has 12 heteroatoms. The van der Waals surface area contributed by atoms with Crippen LogP contribution in [-0.2, 0) is 19.2 Å². The van der Waals surface area contributed by atoms with E-state index >= 15 is 0 Å². The Morgan fingerprint density at radius 1 is 0.682 bits per heavy atom. The minimum Gasteiger partial charge on any atom is -0.480 e. The van der Waals surface area contributed by atoms with Crippen LogP contribution in [0.2, 0.25) is 0 Å². The molecule has 126 valence electrons. The summed E-state index contributed by atoms with van der Waals surface area (Å²) < 4.78 is 0. The highest BCUT2D eigenvalue weighted by Gasteiger charge is 2.20. The second-order valence-corrected chi connectivity index (χ2v) is 4.27. The van der Waals surface area contributed by atoms with Gasteiger partial charge in [0.15, 0.2) is 0 Å². The number of rotatable bonds is 12. The summed E-state index contributed by atoms with van der Waals surface area (Å²) in [6, 6.07) is 0. The van der Waals surface area contributed by atoms with Gasteiger partial charge in [-0.15, -0.1) is 0 Å². The van der Waals surface area contributed by atoms with Gasteiger partial charge in [-0.1, -0.05) is 0 Å². The van der Waals surface area contributed by atoms with Crippen LogP contribution in [0.3, 0.4) is 0 Å². The highest BCUT2D eigenvalue weighted by molar-refractivity contribution is 5.73. The first-order valence-electron chi connectivity index (χ1n) is 5.98. The van der Waals surface area contributed by atoms with Crippen LogP contribution in [0.15, 0.2) is 0 Å². The van der Waals surface area contributed by atoms with Gasteiger partial charge in [0.25, 0.3) is 0 Å². The van der Waals surface area contributed by atoms with E-state index in [4.69, 9.17) is 26.3 Å². The molecular weight excluding hydrogens is 304 g/mol.